The van der Waals surface area contributed by atoms with Crippen molar-refractivity contribution in [3.63, 3.8) is 0 Å². The van der Waals surface area contributed by atoms with Crippen LogP contribution < -0.4 is 0 Å². The number of rotatable bonds is 3. The van der Waals surface area contributed by atoms with E-state index < -0.39 is 5.97 Å². The molecule has 0 aliphatic rings. The number of aromatic nitrogens is 2. The van der Waals surface area contributed by atoms with Gasteiger partial charge in [-0.1, -0.05) is 5.57 Å². The molecule has 0 atom stereocenters. The highest BCUT2D eigenvalue weighted by molar-refractivity contribution is 7.21. The predicted molar refractivity (Wildman–Crippen MR) is 73.9 cm³/mol. The zero-order chi connectivity index (χ0) is 13.1. The molecule has 2 heterocycles. The maximum atomic E-state index is 11.7. The van der Waals surface area contributed by atoms with Gasteiger partial charge in [-0.15, -0.1) is 22.7 Å². The largest absolute Gasteiger partial charge is 0.464 e. The van der Waals surface area contributed by atoms with Gasteiger partial charge in [0.15, 0.2) is 15.7 Å². The zero-order valence-corrected chi connectivity index (χ0v) is 11.9. The van der Waals surface area contributed by atoms with E-state index in [1.165, 1.54) is 29.8 Å². The molecule has 2 rings (SSSR count). The third-order valence-electron chi connectivity index (χ3n) is 2.07. The molecule has 0 N–H and O–H groups in total. The Balaban J connectivity index is 2.50. The predicted octanol–water partition coefficient (Wildman–Crippen LogP) is 3.48. The van der Waals surface area contributed by atoms with Crippen LogP contribution in [-0.2, 0) is 4.74 Å². The molecule has 0 aliphatic carbocycles. The van der Waals surface area contributed by atoms with Gasteiger partial charge in [0.25, 0.3) is 0 Å². The molecule has 4 nitrogen and oxygen atoms in total. The first-order valence-corrected chi connectivity index (χ1v) is 6.95. The lowest BCUT2D eigenvalue weighted by molar-refractivity contribution is 0.0595. The summed E-state index contributed by atoms with van der Waals surface area (Å²) in [7, 11) is 1.36. The maximum absolute atomic E-state index is 11.7. The van der Waals surface area contributed by atoms with Crippen LogP contribution in [0.2, 0.25) is 0 Å². The van der Waals surface area contributed by atoms with Crippen LogP contribution in [-0.4, -0.2) is 23.0 Å². The lowest BCUT2D eigenvalue weighted by Gasteiger charge is -1.95. The molecule has 0 aromatic carbocycles. The van der Waals surface area contributed by atoms with Crippen LogP contribution in [0.25, 0.3) is 16.1 Å². The molecular weight excluding hydrogens is 268 g/mol. The van der Waals surface area contributed by atoms with Crippen LogP contribution in [0.5, 0.6) is 0 Å². The number of esters is 1. The number of methoxy groups -OCH3 is 1. The molecule has 0 bridgehead atoms. The van der Waals surface area contributed by atoms with Crippen LogP contribution in [0.15, 0.2) is 17.2 Å². The summed E-state index contributed by atoms with van der Waals surface area (Å²) in [5.41, 5.74) is 1.46. The molecule has 18 heavy (non-hydrogen) atoms. The number of allylic oxidation sites excluding steroid dienone is 1. The second-order valence-corrected chi connectivity index (χ2v) is 5.71. The van der Waals surface area contributed by atoms with E-state index in [0.717, 1.165) is 20.5 Å². The SMILES string of the molecule is COC(=O)c1nc(-c2nccs2)sc1C=C(C)C. The molecular formula is C12H12N2O2S2. The van der Waals surface area contributed by atoms with E-state index in [0.29, 0.717) is 5.69 Å². The van der Waals surface area contributed by atoms with Crippen LogP contribution in [0.3, 0.4) is 0 Å². The third-order valence-corrected chi connectivity index (χ3v) is 3.99. The molecule has 2 aromatic heterocycles. The molecule has 0 unspecified atom stereocenters. The Morgan fingerprint density at radius 1 is 1.39 bits per heavy atom. The zero-order valence-electron chi connectivity index (χ0n) is 10.3. The Hall–Kier alpha value is -1.53. The summed E-state index contributed by atoms with van der Waals surface area (Å²) in [4.78, 5) is 21.0. The molecule has 0 fully saturated rings. The van der Waals surface area contributed by atoms with Gasteiger partial charge in [0, 0.05) is 11.6 Å². The fraction of sp³-hybridized carbons (Fsp3) is 0.250. The molecule has 0 saturated heterocycles. The highest BCUT2D eigenvalue weighted by Crippen LogP contribution is 2.31. The highest BCUT2D eigenvalue weighted by atomic mass is 32.1. The molecule has 2 aromatic rings. The van der Waals surface area contributed by atoms with Crippen LogP contribution in [0.1, 0.15) is 29.2 Å². The summed E-state index contributed by atoms with van der Waals surface area (Å²) >= 11 is 2.95. The van der Waals surface area contributed by atoms with Crippen LogP contribution in [0.4, 0.5) is 0 Å². The van der Waals surface area contributed by atoms with Gasteiger partial charge in [0.2, 0.25) is 0 Å². The fourth-order valence-electron chi connectivity index (χ4n) is 1.36. The Morgan fingerprint density at radius 3 is 2.72 bits per heavy atom. The Morgan fingerprint density at radius 2 is 2.17 bits per heavy atom. The Labute approximate surface area is 113 Å². The molecule has 0 radical (unpaired) electrons. The highest BCUT2D eigenvalue weighted by Gasteiger charge is 2.19. The summed E-state index contributed by atoms with van der Waals surface area (Å²) in [5.74, 6) is -0.415. The number of carbonyl (C=O) groups is 1. The molecule has 0 saturated carbocycles. The molecule has 94 valence electrons. The first kappa shape index (κ1) is 12.9. The lowest BCUT2D eigenvalue weighted by atomic mass is 10.2. The third kappa shape index (κ3) is 2.65. The molecule has 0 amide bonds. The number of hydrogen-bond acceptors (Lipinski definition) is 6. The van der Waals surface area contributed by atoms with E-state index in [2.05, 4.69) is 9.97 Å². The van der Waals surface area contributed by atoms with Gasteiger partial charge in [0.05, 0.1) is 12.0 Å². The number of carbonyl (C=O) groups excluding carboxylic acids is 1. The van der Waals surface area contributed by atoms with Gasteiger partial charge < -0.3 is 4.74 Å². The fourth-order valence-corrected chi connectivity index (χ4v) is 3.15. The van der Waals surface area contributed by atoms with Gasteiger partial charge in [-0.2, -0.15) is 0 Å². The van der Waals surface area contributed by atoms with Gasteiger partial charge in [0.1, 0.15) is 0 Å². The van der Waals surface area contributed by atoms with Gasteiger partial charge in [-0.05, 0) is 19.9 Å². The monoisotopic (exact) mass is 280 g/mol. The van der Waals surface area contributed by atoms with Crippen molar-refractivity contribution in [1.82, 2.24) is 9.97 Å². The van der Waals surface area contributed by atoms with Crippen molar-refractivity contribution in [2.45, 2.75) is 13.8 Å². The summed E-state index contributed by atoms with van der Waals surface area (Å²) in [6, 6.07) is 0. The maximum Gasteiger partial charge on any atom is 0.358 e. The van der Waals surface area contributed by atoms with Gasteiger partial charge >= 0.3 is 5.97 Å². The van der Waals surface area contributed by atoms with Crippen molar-refractivity contribution in [1.29, 1.82) is 0 Å². The summed E-state index contributed by atoms with van der Waals surface area (Å²) in [5, 5.41) is 3.45. The van der Waals surface area contributed by atoms with E-state index in [9.17, 15) is 4.79 Å². The topological polar surface area (TPSA) is 52.1 Å². The van der Waals surface area contributed by atoms with Crippen molar-refractivity contribution >= 4 is 34.7 Å². The number of nitrogens with zero attached hydrogens (tertiary/aromatic N) is 2. The number of hydrogen-bond donors (Lipinski definition) is 0. The van der Waals surface area contributed by atoms with Gasteiger partial charge in [-0.3, -0.25) is 0 Å². The summed E-state index contributed by atoms with van der Waals surface area (Å²) < 4.78 is 4.75. The van der Waals surface area contributed by atoms with Crippen molar-refractivity contribution in [2.75, 3.05) is 7.11 Å². The summed E-state index contributed by atoms with van der Waals surface area (Å²) in [6.07, 6.45) is 3.65. The van der Waals surface area contributed by atoms with Crippen molar-refractivity contribution in [3.05, 3.63) is 27.7 Å². The van der Waals surface area contributed by atoms with E-state index in [-0.39, 0.29) is 0 Å². The molecule has 0 spiro atoms. The van der Waals surface area contributed by atoms with Crippen LogP contribution >= 0.6 is 22.7 Å². The van der Waals surface area contributed by atoms with Crippen molar-refractivity contribution in [3.8, 4) is 10.0 Å². The Bertz CT molecular complexity index is 581. The standard InChI is InChI=1S/C12H12N2O2S2/c1-7(2)6-8-9(12(15)16-3)14-11(18-8)10-13-4-5-17-10/h4-6H,1-3H3. The van der Waals surface area contributed by atoms with E-state index in [1.54, 1.807) is 6.20 Å². The minimum atomic E-state index is -0.415. The minimum absolute atomic E-state index is 0.355. The second-order valence-electron chi connectivity index (χ2n) is 3.78. The second kappa shape index (κ2) is 5.41. The molecule has 6 heteroatoms. The minimum Gasteiger partial charge on any atom is -0.464 e. The quantitative estimate of drug-likeness (QED) is 0.808. The first-order chi connectivity index (χ1) is 8.61. The average Bonchev–Trinajstić information content (AvgIpc) is 2.95. The summed E-state index contributed by atoms with van der Waals surface area (Å²) in [6.45, 7) is 3.95. The van der Waals surface area contributed by atoms with E-state index in [4.69, 9.17) is 4.74 Å². The van der Waals surface area contributed by atoms with Crippen molar-refractivity contribution < 1.29 is 9.53 Å². The molecule has 0 aliphatic heterocycles. The van der Waals surface area contributed by atoms with E-state index >= 15 is 0 Å². The Kier molecular flexibility index (Phi) is 3.88. The average molecular weight is 280 g/mol. The lowest BCUT2D eigenvalue weighted by Crippen LogP contribution is -2.03. The number of ether oxygens (including phenoxy) is 1. The smallest absolute Gasteiger partial charge is 0.358 e. The van der Waals surface area contributed by atoms with E-state index in [1.807, 2.05) is 25.3 Å². The first-order valence-electron chi connectivity index (χ1n) is 5.25. The normalized spacial score (nSPS) is 10.2. The van der Waals surface area contributed by atoms with Crippen molar-refractivity contribution in [2.24, 2.45) is 0 Å². The number of thiazole rings is 2. The van der Waals surface area contributed by atoms with Gasteiger partial charge in [-0.25, -0.2) is 14.8 Å². The van der Waals surface area contributed by atoms with Crippen LogP contribution in [0, 0.1) is 0 Å².